The van der Waals surface area contributed by atoms with E-state index in [1.54, 1.807) is 0 Å². The minimum atomic E-state index is 0.210. The van der Waals surface area contributed by atoms with Crippen LogP contribution in [0.5, 0.6) is 0 Å². The molecule has 0 amide bonds. The molecule has 0 aromatic carbocycles. The lowest BCUT2D eigenvalue weighted by atomic mass is 9.80. The van der Waals surface area contributed by atoms with Gasteiger partial charge in [0.15, 0.2) is 5.82 Å². The van der Waals surface area contributed by atoms with Crippen molar-refractivity contribution in [2.45, 2.75) is 51.2 Å². The van der Waals surface area contributed by atoms with Gasteiger partial charge >= 0.3 is 0 Å². The first kappa shape index (κ1) is 16.1. The number of ether oxygens (including phenoxy) is 1. The maximum atomic E-state index is 6.17. The zero-order valence-electron chi connectivity index (χ0n) is 13.9. The molecule has 0 saturated carbocycles. The van der Waals surface area contributed by atoms with Gasteiger partial charge in [-0.3, -0.25) is 4.90 Å². The van der Waals surface area contributed by atoms with E-state index < -0.39 is 0 Å². The summed E-state index contributed by atoms with van der Waals surface area (Å²) in [5, 5.41) is 3.96. The molecule has 0 aliphatic carbocycles. The number of aromatic nitrogens is 4. The lowest BCUT2D eigenvalue weighted by Crippen LogP contribution is -2.42. The molecule has 0 unspecified atom stereocenters. The Morgan fingerprint density at radius 3 is 2.88 bits per heavy atom. The van der Waals surface area contributed by atoms with Crippen LogP contribution < -0.4 is 0 Å². The molecule has 4 rings (SSSR count). The van der Waals surface area contributed by atoms with Crippen LogP contribution in [-0.2, 0) is 11.3 Å². The van der Waals surface area contributed by atoms with Crippen LogP contribution in [0.2, 0.25) is 0 Å². The smallest absolute Gasteiger partial charge is 0.232 e. The second-order valence-electron chi connectivity index (χ2n) is 6.78. The zero-order valence-corrected chi connectivity index (χ0v) is 14.7. The highest BCUT2D eigenvalue weighted by Crippen LogP contribution is 2.37. The van der Waals surface area contributed by atoms with Gasteiger partial charge in [0.2, 0.25) is 5.89 Å². The molecule has 24 heavy (non-hydrogen) atoms. The normalized spacial score (nSPS) is 26.7. The molecular weight excluding hydrogens is 326 g/mol. The van der Waals surface area contributed by atoms with Crippen LogP contribution in [0.1, 0.15) is 49.0 Å². The Labute approximate surface area is 145 Å². The standard InChI is InChI=1S/C16H23N5O2S/c1-11-18-16(23-19-11)14-3-2-8-22-15(14)12-4-6-21(7-5-12)10-13-9-17-24-20-13/h9,12,14-15H,2-8,10H2,1H3/t14-,15+/m1/s1. The topological polar surface area (TPSA) is 77.2 Å². The molecule has 2 saturated heterocycles. The first-order valence-corrected chi connectivity index (χ1v) is 9.43. The molecule has 2 aromatic rings. The third-order valence-electron chi connectivity index (χ3n) is 5.12. The van der Waals surface area contributed by atoms with E-state index in [1.165, 1.54) is 11.7 Å². The average Bonchev–Trinajstić information content (AvgIpc) is 3.27. The predicted octanol–water partition coefficient (Wildman–Crippen LogP) is 2.40. The fraction of sp³-hybridized carbons (Fsp3) is 0.750. The van der Waals surface area contributed by atoms with Gasteiger partial charge in [0.25, 0.3) is 0 Å². The fourth-order valence-corrected chi connectivity index (χ4v) is 4.34. The van der Waals surface area contributed by atoms with Crippen molar-refractivity contribution in [1.29, 1.82) is 0 Å². The van der Waals surface area contributed by atoms with Gasteiger partial charge in [0.1, 0.15) is 0 Å². The van der Waals surface area contributed by atoms with Crippen molar-refractivity contribution in [2.75, 3.05) is 19.7 Å². The van der Waals surface area contributed by atoms with Crippen LogP contribution in [-0.4, -0.2) is 49.6 Å². The van der Waals surface area contributed by atoms with Crippen molar-refractivity contribution in [3.63, 3.8) is 0 Å². The van der Waals surface area contributed by atoms with Crippen LogP contribution in [0.4, 0.5) is 0 Å². The van der Waals surface area contributed by atoms with Crippen LogP contribution in [0.3, 0.4) is 0 Å². The molecule has 130 valence electrons. The molecule has 0 spiro atoms. The van der Waals surface area contributed by atoms with E-state index in [4.69, 9.17) is 9.26 Å². The Balaban J connectivity index is 1.38. The second kappa shape index (κ2) is 7.25. The zero-order chi connectivity index (χ0) is 16.4. The van der Waals surface area contributed by atoms with Gasteiger partial charge in [0, 0.05) is 13.2 Å². The number of hydrogen-bond acceptors (Lipinski definition) is 8. The molecule has 2 aromatic heterocycles. The Kier molecular flexibility index (Phi) is 4.86. The van der Waals surface area contributed by atoms with Crippen molar-refractivity contribution in [3.05, 3.63) is 23.6 Å². The van der Waals surface area contributed by atoms with E-state index >= 15 is 0 Å². The maximum absolute atomic E-state index is 6.17. The van der Waals surface area contributed by atoms with Gasteiger partial charge in [-0.15, -0.1) is 0 Å². The highest BCUT2D eigenvalue weighted by molar-refractivity contribution is 6.99. The van der Waals surface area contributed by atoms with Crippen LogP contribution >= 0.6 is 11.7 Å². The summed E-state index contributed by atoms with van der Waals surface area (Å²) in [6.45, 7) is 5.78. The average molecular weight is 349 g/mol. The summed E-state index contributed by atoms with van der Waals surface area (Å²) in [6, 6.07) is 0. The van der Waals surface area contributed by atoms with Crippen LogP contribution in [0, 0.1) is 12.8 Å². The number of hydrogen-bond donors (Lipinski definition) is 0. The molecular formula is C16H23N5O2S. The first-order valence-electron chi connectivity index (χ1n) is 8.70. The molecule has 0 radical (unpaired) electrons. The van der Waals surface area contributed by atoms with Gasteiger partial charge in [-0.1, -0.05) is 5.16 Å². The Hall–Kier alpha value is -1.38. The predicted molar refractivity (Wildman–Crippen MR) is 88.7 cm³/mol. The second-order valence-corrected chi connectivity index (χ2v) is 7.33. The highest BCUT2D eigenvalue weighted by Gasteiger charge is 2.38. The van der Waals surface area contributed by atoms with E-state index in [0.29, 0.717) is 11.7 Å². The number of piperidine rings is 1. The lowest BCUT2D eigenvalue weighted by molar-refractivity contribution is -0.0585. The van der Waals surface area contributed by atoms with Gasteiger partial charge < -0.3 is 9.26 Å². The lowest BCUT2D eigenvalue weighted by Gasteiger charge is -2.40. The van der Waals surface area contributed by atoms with Gasteiger partial charge in [0.05, 0.1) is 35.6 Å². The molecule has 2 fully saturated rings. The van der Waals surface area contributed by atoms with Crippen molar-refractivity contribution in [1.82, 2.24) is 23.8 Å². The summed E-state index contributed by atoms with van der Waals surface area (Å²) < 4.78 is 20.0. The summed E-state index contributed by atoms with van der Waals surface area (Å²) in [4.78, 5) is 6.92. The third kappa shape index (κ3) is 3.50. The Bertz CT molecular complexity index is 639. The molecule has 0 N–H and O–H groups in total. The minimum Gasteiger partial charge on any atom is -0.377 e. The van der Waals surface area contributed by atoms with E-state index in [2.05, 4.69) is 23.8 Å². The summed E-state index contributed by atoms with van der Waals surface area (Å²) in [7, 11) is 0. The Morgan fingerprint density at radius 2 is 2.17 bits per heavy atom. The van der Waals surface area contributed by atoms with Crippen molar-refractivity contribution in [3.8, 4) is 0 Å². The van der Waals surface area contributed by atoms with E-state index in [1.807, 2.05) is 13.1 Å². The number of likely N-dealkylation sites (tertiary alicyclic amines) is 1. The highest BCUT2D eigenvalue weighted by atomic mass is 32.1. The van der Waals surface area contributed by atoms with Gasteiger partial charge in [-0.25, -0.2) is 0 Å². The van der Waals surface area contributed by atoms with Crippen LogP contribution in [0.15, 0.2) is 10.7 Å². The van der Waals surface area contributed by atoms with Crippen molar-refractivity contribution in [2.24, 2.45) is 5.92 Å². The Morgan fingerprint density at radius 1 is 1.29 bits per heavy atom. The monoisotopic (exact) mass is 349 g/mol. The molecule has 7 nitrogen and oxygen atoms in total. The summed E-state index contributed by atoms with van der Waals surface area (Å²) in [5.41, 5.74) is 1.08. The molecule has 2 aliphatic rings. The van der Waals surface area contributed by atoms with Crippen molar-refractivity contribution >= 4 is 11.7 Å². The maximum Gasteiger partial charge on any atom is 0.232 e. The van der Waals surface area contributed by atoms with Crippen molar-refractivity contribution < 1.29 is 9.26 Å². The molecule has 4 heterocycles. The van der Waals surface area contributed by atoms with E-state index in [0.717, 1.165) is 63.5 Å². The minimum absolute atomic E-state index is 0.210. The summed E-state index contributed by atoms with van der Waals surface area (Å²) >= 11 is 1.28. The van der Waals surface area contributed by atoms with E-state index in [-0.39, 0.29) is 12.0 Å². The fourth-order valence-electron chi connectivity index (χ4n) is 3.92. The first-order chi connectivity index (χ1) is 11.8. The third-order valence-corrected chi connectivity index (χ3v) is 5.63. The van der Waals surface area contributed by atoms with E-state index in [9.17, 15) is 0 Å². The largest absolute Gasteiger partial charge is 0.377 e. The SMILES string of the molecule is Cc1noc([C@@H]2CCCO[C@H]2C2CCN(Cc3cnsn3)CC2)n1. The summed E-state index contributed by atoms with van der Waals surface area (Å²) in [6.07, 6.45) is 6.52. The molecule has 8 heteroatoms. The summed E-state index contributed by atoms with van der Waals surface area (Å²) in [5.74, 6) is 2.28. The molecule has 0 bridgehead atoms. The molecule has 2 atom stereocenters. The number of rotatable bonds is 4. The van der Waals surface area contributed by atoms with Gasteiger partial charge in [-0.05, 0) is 51.6 Å². The quantitative estimate of drug-likeness (QED) is 0.839. The number of aryl methyl sites for hydroxylation is 1. The van der Waals surface area contributed by atoms with Gasteiger partial charge in [-0.2, -0.15) is 13.7 Å². The number of nitrogens with zero attached hydrogens (tertiary/aromatic N) is 5. The molecule has 2 aliphatic heterocycles. The van der Waals surface area contributed by atoms with Crippen LogP contribution in [0.25, 0.3) is 0 Å².